The summed E-state index contributed by atoms with van der Waals surface area (Å²) in [5.74, 6) is 0.659. The molecule has 1 aromatic carbocycles. The van der Waals surface area contributed by atoms with Gasteiger partial charge in [-0.2, -0.15) is 0 Å². The molecular formula is C16H19ClO2. The van der Waals surface area contributed by atoms with Gasteiger partial charge in [0, 0.05) is 16.3 Å². The molecular weight excluding hydrogens is 260 g/mol. The summed E-state index contributed by atoms with van der Waals surface area (Å²) in [5, 5.41) is 1.55. The molecule has 0 fully saturated rings. The maximum atomic E-state index is 12.5. The molecule has 0 radical (unpaired) electrons. The van der Waals surface area contributed by atoms with Gasteiger partial charge in [-0.15, -0.1) is 0 Å². The lowest BCUT2D eigenvalue weighted by Gasteiger charge is -2.11. The maximum absolute atomic E-state index is 12.5. The Labute approximate surface area is 118 Å². The first-order chi connectivity index (χ1) is 9.15. The molecule has 0 N–H and O–H groups in total. The van der Waals surface area contributed by atoms with Crippen molar-refractivity contribution in [3.8, 4) is 0 Å². The lowest BCUT2D eigenvalue weighted by molar-refractivity contribution is 0.0878. The van der Waals surface area contributed by atoms with E-state index in [-0.39, 0.29) is 11.7 Å². The van der Waals surface area contributed by atoms with Crippen molar-refractivity contribution in [2.24, 2.45) is 5.92 Å². The predicted octanol–water partition coefficient (Wildman–Crippen LogP) is 5.49. The van der Waals surface area contributed by atoms with Gasteiger partial charge in [-0.3, -0.25) is 4.79 Å². The van der Waals surface area contributed by atoms with Crippen LogP contribution in [0.3, 0.4) is 0 Å². The molecule has 2 nitrogen and oxygen atoms in total. The molecule has 0 atom stereocenters. The van der Waals surface area contributed by atoms with Crippen LogP contribution in [0, 0.1) is 5.92 Å². The van der Waals surface area contributed by atoms with Crippen molar-refractivity contribution >= 4 is 28.4 Å². The molecule has 3 heteroatoms. The third kappa shape index (κ3) is 3.19. The number of carbonyl (C=O) groups excluding carboxylic acids is 1. The number of benzene rings is 1. The summed E-state index contributed by atoms with van der Waals surface area (Å²) in [6.45, 7) is 4.21. The summed E-state index contributed by atoms with van der Waals surface area (Å²) < 4.78 is 5.65. The molecule has 2 aromatic rings. The number of hydrogen-bond acceptors (Lipinski definition) is 2. The topological polar surface area (TPSA) is 30.2 Å². The van der Waals surface area contributed by atoms with E-state index in [0.29, 0.717) is 10.8 Å². The Kier molecular flexibility index (Phi) is 4.65. The van der Waals surface area contributed by atoms with Gasteiger partial charge in [0.1, 0.15) is 5.58 Å². The van der Waals surface area contributed by atoms with Crippen molar-refractivity contribution in [3.63, 3.8) is 0 Å². The van der Waals surface area contributed by atoms with Gasteiger partial charge in [0.15, 0.2) is 5.76 Å². The van der Waals surface area contributed by atoms with Gasteiger partial charge >= 0.3 is 0 Å². The third-order valence-corrected chi connectivity index (χ3v) is 3.60. The lowest BCUT2D eigenvalue weighted by atomic mass is 9.92. The standard InChI is InChI=1S/C16H19ClO2/c1-3-5-11(6-4-2)16(18)15-10-12-9-13(17)7-8-14(12)19-15/h7-11H,3-6H2,1-2H3. The van der Waals surface area contributed by atoms with E-state index in [1.807, 2.05) is 18.2 Å². The van der Waals surface area contributed by atoms with Crippen LogP contribution in [0.5, 0.6) is 0 Å². The number of carbonyl (C=O) groups is 1. The molecule has 102 valence electrons. The Morgan fingerprint density at radius 1 is 1.21 bits per heavy atom. The van der Waals surface area contributed by atoms with Gasteiger partial charge in [0.25, 0.3) is 0 Å². The largest absolute Gasteiger partial charge is 0.453 e. The molecule has 1 aromatic heterocycles. The highest BCUT2D eigenvalue weighted by atomic mass is 35.5. The molecule has 0 saturated carbocycles. The summed E-state index contributed by atoms with van der Waals surface area (Å²) in [4.78, 5) is 12.5. The molecule has 0 spiro atoms. The highest BCUT2D eigenvalue weighted by molar-refractivity contribution is 6.31. The van der Waals surface area contributed by atoms with Gasteiger partial charge in [-0.1, -0.05) is 38.3 Å². The molecule has 0 saturated heterocycles. The van der Waals surface area contributed by atoms with E-state index in [1.54, 1.807) is 6.07 Å². The molecule has 0 aliphatic carbocycles. The van der Waals surface area contributed by atoms with Crippen LogP contribution in [0.25, 0.3) is 11.0 Å². The number of ketones is 1. The minimum atomic E-state index is 0.0750. The predicted molar refractivity (Wildman–Crippen MR) is 78.9 cm³/mol. The maximum Gasteiger partial charge on any atom is 0.201 e. The van der Waals surface area contributed by atoms with Crippen molar-refractivity contribution < 1.29 is 9.21 Å². The van der Waals surface area contributed by atoms with Crippen LogP contribution in [0.15, 0.2) is 28.7 Å². The number of rotatable bonds is 6. The Morgan fingerprint density at radius 3 is 2.53 bits per heavy atom. The molecule has 2 rings (SSSR count). The van der Waals surface area contributed by atoms with Crippen LogP contribution in [0.2, 0.25) is 5.02 Å². The monoisotopic (exact) mass is 278 g/mol. The fraction of sp³-hybridized carbons (Fsp3) is 0.438. The van der Waals surface area contributed by atoms with Crippen molar-refractivity contribution in [2.45, 2.75) is 39.5 Å². The van der Waals surface area contributed by atoms with Gasteiger partial charge in [-0.05, 0) is 37.1 Å². The Balaban J connectivity index is 2.29. The first-order valence-corrected chi connectivity index (χ1v) is 7.26. The zero-order valence-corrected chi connectivity index (χ0v) is 12.2. The number of hydrogen-bond donors (Lipinski definition) is 0. The number of halogens is 1. The van der Waals surface area contributed by atoms with E-state index in [9.17, 15) is 4.79 Å². The number of furan rings is 1. The van der Waals surface area contributed by atoms with E-state index < -0.39 is 0 Å². The molecule has 0 aliphatic heterocycles. The average molecular weight is 279 g/mol. The molecule has 1 heterocycles. The van der Waals surface area contributed by atoms with Crippen LogP contribution in [-0.4, -0.2) is 5.78 Å². The van der Waals surface area contributed by atoms with E-state index >= 15 is 0 Å². The Morgan fingerprint density at radius 2 is 1.89 bits per heavy atom. The van der Waals surface area contributed by atoms with E-state index in [1.165, 1.54) is 0 Å². The summed E-state index contributed by atoms with van der Waals surface area (Å²) in [5.41, 5.74) is 0.722. The van der Waals surface area contributed by atoms with Crippen molar-refractivity contribution in [2.75, 3.05) is 0 Å². The summed E-state index contributed by atoms with van der Waals surface area (Å²) in [6, 6.07) is 7.22. The van der Waals surface area contributed by atoms with Crippen molar-refractivity contribution in [1.82, 2.24) is 0 Å². The van der Waals surface area contributed by atoms with Gasteiger partial charge < -0.3 is 4.42 Å². The van der Waals surface area contributed by atoms with Crippen LogP contribution >= 0.6 is 11.6 Å². The molecule has 0 aliphatic rings. The van der Waals surface area contributed by atoms with Gasteiger partial charge in [0.2, 0.25) is 5.78 Å². The Bertz CT molecular complexity index is 565. The first kappa shape index (κ1) is 14.1. The Hall–Kier alpha value is -1.28. The first-order valence-electron chi connectivity index (χ1n) is 6.89. The molecule has 0 bridgehead atoms. The fourth-order valence-corrected chi connectivity index (χ4v) is 2.62. The zero-order valence-electron chi connectivity index (χ0n) is 11.4. The molecule has 0 amide bonds. The van der Waals surface area contributed by atoms with E-state index in [4.69, 9.17) is 16.0 Å². The SMILES string of the molecule is CCCC(CCC)C(=O)c1cc2cc(Cl)ccc2o1. The third-order valence-electron chi connectivity index (χ3n) is 3.37. The fourth-order valence-electron chi connectivity index (χ4n) is 2.44. The number of Topliss-reactive ketones (excluding diaryl/α,β-unsaturated/α-hetero) is 1. The van der Waals surface area contributed by atoms with Gasteiger partial charge in [0.05, 0.1) is 0 Å². The highest BCUT2D eigenvalue weighted by Crippen LogP contribution is 2.26. The summed E-state index contributed by atoms with van der Waals surface area (Å²) in [7, 11) is 0. The van der Waals surface area contributed by atoms with Crippen LogP contribution in [-0.2, 0) is 0 Å². The molecule has 0 unspecified atom stereocenters. The summed E-state index contributed by atoms with van der Waals surface area (Å²) >= 11 is 5.94. The minimum absolute atomic E-state index is 0.0750. The van der Waals surface area contributed by atoms with Crippen molar-refractivity contribution in [3.05, 3.63) is 35.0 Å². The lowest BCUT2D eigenvalue weighted by Crippen LogP contribution is -2.13. The second-order valence-electron chi connectivity index (χ2n) is 4.93. The quantitative estimate of drug-likeness (QED) is 0.655. The smallest absolute Gasteiger partial charge is 0.201 e. The van der Waals surface area contributed by atoms with Gasteiger partial charge in [-0.25, -0.2) is 0 Å². The van der Waals surface area contributed by atoms with Crippen LogP contribution in [0.1, 0.15) is 50.1 Å². The van der Waals surface area contributed by atoms with E-state index in [0.717, 1.165) is 36.7 Å². The average Bonchev–Trinajstić information content (AvgIpc) is 2.80. The summed E-state index contributed by atoms with van der Waals surface area (Å²) in [6.07, 6.45) is 3.87. The minimum Gasteiger partial charge on any atom is -0.453 e. The molecule has 19 heavy (non-hydrogen) atoms. The van der Waals surface area contributed by atoms with Crippen LogP contribution < -0.4 is 0 Å². The normalized spacial score (nSPS) is 11.4. The van der Waals surface area contributed by atoms with E-state index in [2.05, 4.69) is 13.8 Å². The highest BCUT2D eigenvalue weighted by Gasteiger charge is 2.21. The zero-order chi connectivity index (χ0) is 13.8. The second kappa shape index (κ2) is 6.25. The van der Waals surface area contributed by atoms with Crippen molar-refractivity contribution in [1.29, 1.82) is 0 Å². The van der Waals surface area contributed by atoms with Crippen LogP contribution in [0.4, 0.5) is 0 Å². The second-order valence-corrected chi connectivity index (χ2v) is 5.37. The number of fused-ring (bicyclic) bond motifs is 1.